The number of amides is 1. The van der Waals surface area contributed by atoms with Crippen molar-refractivity contribution < 1.29 is 14.3 Å². The molecule has 0 aliphatic carbocycles. The van der Waals surface area contributed by atoms with Gasteiger partial charge in [0.15, 0.2) is 0 Å². The van der Waals surface area contributed by atoms with Crippen LogP contribution in [0.15, 0.2) is 54.9 Å². The Morgan fingerprint density at radius 1 is 1.18 bits per heavy atom. The van der Waals surface area contributed by atoms with Gasteiger partial charge in [-0.2, -0.15) is 0 Å². The lowest BCUT2D eigenvalue weighted by Gasteiger charge is -2.34. The van der Waals surface area contributed by atoms with Crippen molar-refractivity contribution in [2.45, 2.75) is 44.0 Å². The summed E-state index contributed by atoms with van der Waals surface area (Å²) < 4.78 is 11.7. The van der Waals surface area contributed by atoms with Crippen LogP contribution in [0.25, 0.3) is 0 Å². The molecule has 6 nitrogen and oxygen atoms in total. The number of nitrogens with one attached hydrogen (secondary N) is 1. The molecule has 2 fully saturated rings. The van der Waals surface area contributed by atoms with Crippen LogP contribution in [0.5, 0.6) is 5.75 Å². The van der Waals surface area contributed by atoms with Gasteiger partial charge in [0.1, 0.15) is 11.9 Å². The largest absolute Gasteiger partial charge is 0.489 e. The van der Waals surface area contributed by atoms with Gasteiger partial charge in [0.2, 0.25) is 5.91 Å². The minimum absolute atomic E-state index is 0.0133. The molecule has 0 unspecified atom stereocenters. The Hall–Kier alpha value is -2.44. The van der Waals surface area contributed by atoms with Crippen LogP contribution in [0.1, 0.15) is 24.8 Å². The average Bonchev–Trinajstić information content (AvgIpc) is 3.18. The minimum Gasteiger partial charge on any atom is -0.489 e. The fraction of sp³-hybridized carbons (Fsp3) is 0.455. The highest BCUT2D eigenvalue weighted by molar-refractivity contribution is 5.82. The van der Waals surface area contributed by atoms with E-state index < -0.39 is 0 Å². The van der Waals surface area contributed by atoms with Crippen LogP contribution in [0.3, 0.4) is 0 Å². The molecule has 28 heavy (non-hydrogen) atoms. The summed E-state index contributed by atoms with van der Waals surface area (Å²) in [4.78, 5) is 19.4. The number of hydrogen-bond donors (Lipinski definition) is 1. The predicted molar refractivity (Wildman–Crippen MR) is 106 cm³/mol. The maximum atomic E-state index is 13.0. The van der Waals surface area contributed by atoms with Crippen LogP contribution in [-0.2, 0) is 16.1 Å². The smallest absolute Gasteiger partial charge is 0.237 e. The van der Waals surface area contributed by atoms with Gasteiger partial charge in [0.05, 0.1) is 6.04 Å². The Morgan fingerprint density at radius 2 is 2.00 bits per heavy atom. The number of likely N-dealkylation sites (tertiary alicyclic amines) is 1. The Bertz CT molecular complexity index is 750. The molecule has 0 bridgehead atoms. The van der Waals surface area contributed by atoms with Crippen molar-refractivity contribution in [1.82, 2.24) is 15.2 Å². The summed E-state index contributed by atoms with van der Waals surface area (Å²) >= 11 is 0. The predicted octanol–water partition coefficient (Wildman–Crippen LogP) is 2.40. The standard InChI is InChI=1S/C22H27N3O3/c26-22(24-15-17-5-4-10-23-14-17)21-13-20(28-19-6-2-1-3-7-19)16-25(21)18-8-11-27-12-9-18/h1-7,10,14,18,20-21H,8-9,11-13,15-16H2,(H,24,26)/t20-,21-/m0/s1. The third-order valence-electron chi connectivity index (χ3n) is 5.50. The van der Waals surface area contributed by atoms with Gasteiger partial charge in [0, 0.05) is 51.2 Å². The van der Waals surface area contributed by atoms with Crippen LogP contribution < -0.4 is 10.1 Å². The monoisotopic (exact) mass is 381 g/mol. The second-order valence-electron chi connectivity index (χ2n) is 7.42. The fourth-order valence-corrected chi connectivity index (χ4v) is 4.09. The third-order valence-corrected chi connectivity index (χ3v) is 5.50. The van der Waals surface area contributed by atoms with E-state index in [0.29, 0.717) is 19.0 Å². The second-order valence-corrected chi connectivity index (χ2v) is 7.42. The highest BCUT2D eigenvalue weighted by Gasteiger charge is 2.41. The number of pyridine rings is 1. The molecule has 0 spiro atoms. The summed E-state index contributed by atoms with van der Waals surface area (Å²) in [6.07, 6.45) is 6.16. The normalized spacial score (nSPS) is 23.4. The number of hydrogen-bond acceptors (Lipinski definition) is 5. The second kappa shape index (κ2) is 9.17. The molecule has 2 atom stereocenters. The van der Waals surface area contributed by atoms with Gasteiger partial charge >= 0.3 is 0 Å². The first-order chi connectivity index (χ1) is 13.8. The van der Waals surface area contributed by atoms with Gasteiger partial charge in [0.25, 0.3) is 0 Å². The number of ether oxygens (including phenoxy) is 2. The molecule has 2 saturated heterocycles. The van der Waals surface area contributed by atoms with Crippen molar-refractivity contribution in [2.24, 2.45) is 0 Å². The number of carbonyl (C=O) groups excluding carboxylic acids is 1. The first kappa shape index (κ1) is 18.9. The van der Waals surface area contributed by atoms with E-state index in [1.807, 2.05) is 42.5 Å². The molecule has 1 aromatic carbocycles. The molecule has 1 N–H and O–H groups in total. The number of benzene rings is 1. The van der Waals surface area contributed by atoms with Crippen LogP contribution in [0.4, 0.5) is 0 Å². The molecule has 6 heteroatoms. The summed E-state index contributed by atoms with van der Waals surface area (Å²) in [6, 6.07) is 13.9. The van der Waals surface area contributed by atoms with E-state index in [9.17, 15) is 4.79 Å². The zero-order valence-corrected chi connectivity index (χ0v) is 16.0. The van der Waals surface area contributed by atoms with Crippen molar-refractivity contribution in [2.75, 3.05) is 19.8 Å². The molecule has 2 aliphatic heterocycles. The fourth-order valence-electron chi connectivity index (χ4n) is 4.09. The number of aromatic nitrogens is 1. The molecule has 2 aliphatic rings. The van der Waals surface area contributed by atoms with E-state index in [1.165, 1.54) is 0 Å². The van der Waals surface area contributed by atoms with Gasteiger partial charge in [-0.1, -0.05) is 24.3 Å². The SMILES string of the molecule is O=C(NCc1cccnc1)[C@@H]1C[C@H](Oc2ccccc2)CN1C1CCOCC1. The molecular weight excluding hydrogens is 354 g/mol. The first-order valence-corrected chi connectivity index (χ1v) is 10.0. The first-order valence-electron chi connectivity index (χ1n) is 10.0. The van der Waals surface area contributed by atoms with Crippen LogP contribution >= 0.6 is 0 Å². The maximum absolute atomic E-state index is 13.0. The highest BCUT2D eigenvalue weighted by Crippen LogP contribution is 2.28. The molecule has 0 saturated carbocycles. The average molecular weight is 381 g/mol. The summed E-state index contributed by atoms with van der Waals surface area (Å²) in [7, 11) is 0. The molecular formula is C22H27N3O3. The van der Waals surface area contributed by atoms with E-state index >= 15 is 0 Å². The molecule has 0 radical (unpaired) electrons. The zero-order valence-electron chi connectivity index (χ0n) is 16.0. The number of nitrogens with zero attached hydrogens (tertiary/aromatic N) is 2. The molecule has 1 amide bonds. The Kier molecular flexibility index (Phi) is 6.19. The minimum atomic E-state index is -0.173. The Morgan fingerprint density at radius 3 is 2.75 bits per heavy atom. The third kappa shape index (κ3) is 4.69. The van der Waals surface area contributed by atoms with Gasteiger partial charge in [-0.15, -0.1) is 0 Å². The van der Waals surface area contributed by atoms with Crippen LogP contribution in [0, 0.1) is 0 Å². The topological polar surface area (TPSA) is 63.7 Å². The van der Waals surface area contributed by atoms with E-state index in [4.69, 9.17) is 9.47 Å². The van der Waals surface area contributed by atoms with Crippen LogP contribution in [-0.4, -0.2) is 53.7 Å². The number of carbonyl (C=O) groups is 1. The lowest BCUT2D eigenvalue weighted by atomic mass is 10.1. The van der Waals surface area contributed by atoms with Gasteiger partial charge in [-0.3, -0.25) is 14.7 Å². The summed E-state index contributed by atoms with van der Waals surface area (Å²) in [5.41, 5.74) is 1.00. The molecule has 1 aromatic heterocycles. The number of para-hydroxylation sites is 1. The van der Waals surface area contributed by atoms with E-state index in [0.717, 1.165) is 43.9 Å². The highest BCUT2D eigenvalue weighted by atomic mass is 16.5. The summed E-state index contributed by atoms with van der Waals surface area (Å²) in [5.74, 6) is 0.922. The molecule has 4 rings (SSSR count). The molecule has 3 heterocycles. The van der Waals surface area contributed by atoms with Crippen molar-refractivity contribution in [3.8, 4) is 5.75 Å². The van der Waals surface area contributed by atoms with E-state index in [2.05, 4.69) is 15.2 Å². The van der Waals surface area contributed by atoms with E-state index in [1.54, 1.807) is 12.4 Å². The van der Waals surface area contributed by atoms with Gasteiger partial charge < -0.3 is 14.8 Å². The van der Waals surface area contributed by atoms with Crippen molar-refractivity contribution in [3.05, 3.63) is 60.4 Å². The number of rotatable bonds is 6. The van der Waals surface area contributed by atoms with Crippen molar-refractivity contribution in [1.29, 1.82) is 0 Å². The quantitative estimate of drug-likeness (QED) is 0.833. The lowest BCUT2D eigenvalue weighted by Crippen LogP contribution is -2.49. The summed E-state index contributed by atoms with van der Waals surface area (Å²) in [6.45, 7) is 2.78. The van der Waals surface area contributed by atoms with Crippen molar-refractivity contribution in [3.63, 3.8) is 0 Å². The zero-order chi connectivity index (χ0) is 19.2. The summed E-state index contributed by atoms with van der Waals surface area (Å²) in [5, 5.41) is 3.09. The Balaban J connectivity index is 1.42. The molecule has 148 valence electrons. The van der Waals surface area contributed by atoms with E-state index in [-0.39, 0.29) is 18.1 Å². The van der Waals surface area contributed by atoms with Crippen molar-refractivity contribution >= 4 is 5.91 Å². The van der Waals surface area contributed by atoms with Crippen LogP contribution in [0.2, 0.25) is 0 Å². The van der Waals surface area contributed by atoms with Gasteiger partial charge in [-0.25, -0.2) is 0 Å². The molecule has 2 aromatic rings. The van der Waals surface area contributed by atoms with Gasteiger partial charge in [-0.05, 0) is 36.6 Å². The lowest BCUT2D eigenvalue weighted by molar-refractivity contribution is -0.127. The Labute approximate surface area is 165 Å². The maximum Gasteiger partial charge on any atom is 0.237 e.